The highest BCUT2D eigenvalue weighted by Gasteiger charge is 2.30. The third kappa shape index (κ3) is 5.51. The first-order chi connectivity index (χ1) is 18.3. The van der Waals surface area contributed by atoms with E-state index in [9.17, 15) is 9.90 Å². The lowest BCUT2D eigenvalue weighted by molar-refractivity contribution is -0.135. The monoisotopic (exact) mass is 520 g/mol. The molecule has 2 aliphatic rings. The fourth-order valence-electron chi connectivity index (χ4n) is 5.14. The maximum atomic E-state index is 11.5. The second kappa shape index (κ2) is 11.1. The van der Waals surface area contributed by atoms with Crippen LogP contribution >= 0.6 is 0 Å². The van der Waals surface area contributed by atoms with Crippen molar-refractivity contribution in [1.82, 2.24) is 19.9 Å². The molecular formula is C28H36N6O4. The van der Waals surface area contributed by atoms with Gasteiger partial charge in [-0.05, 0) is 41.5 Å². The Hall–Kier alpha value is -3.50. The van der Waals surface area contributed by atoms with Gasteiger partial charge in [-0.3, -0.25) is 4.79 Å². The van der Waals surface area contributed by atoms with Crippen LogP contribution in [0.4, 0.5) is 17.6 Å². The van der Waals surface area contributed by atoms with E-state index < -0.39 is 6.10 Å². The molecule has 3 aromatic rings. The molecule has 5 rings (SSSR count). The molecule has 0 saturated carbocycles. The Balaban J connectivity index is 1.33. The average Bonchev–Trinajstić information content (AvgIpc) is 2.87. The zero-order valence-corrected chi connectivity index (χ0v) is 22.4. The molecule has 2 aliphatic heterocycles. The average molecular weight is 521 g/mol. The van der Waals surface area contributed by atoms with Crippen LogP contribution in [0.25, 0.3) is 10.8 Å². The van der Waals surface area contributed by atoms with Crippen LogP contribution in [0.1, 0.15) is 38.7 Å². The Kier molecular flexibility index (Phi) is 7.62. The van der Waals surface area contributed by atoms with Gasteiger partial charge in [-0.1, -0.05) is 19.9 Å². The Labute approximate surface area is 223 Å². The summed E-state index contributed by atoms with van der Waals surface area (Å²) in [4.78, 5) is 29.0. The molecule has 10 nitrogen and oxygen atoms in total. The fourth-order valence-corrected chi connectivity index (χ4v) is 5.14. The first kappa shape index (κ1) is 26.1. The number of aliphatic hydroxyl groups excluding tert-OH is 1. The molecule has 1 aromatic carbocycles. The van der Waals surface area contributed by atoms with Crippen molar-refractivity contribution in [2.75, 3.05) is 50.1 Å². The van der Waals surface area contributed by atoms with Crippen LogP contribution in [-0.4, -0.2) is 83.0 Å². The Morgan fingerprint density at radius 2 is 1.97 bits per heavy atom. The summed E-state index contributed by atoms with van der Waals surface area (Å²) in [5, 5.41) is 15.7. The summed E-state index contributed by atoms with van der Waals surface area (Å²) in [6.45, 7) is 9.13. The SMILES string of the molecule is CO[C@@H]1CCN(c2nccc(Nc3cc4c(C(C)C)ccc(OCC5CN(C(C)=O)C5)c4cn3)n2)C[C@H]1O. The van der Waals surface area contributed by atoms with Crippen LogP contribution in [0.5, 0.6) is 5.75 Å². The number of ether oxygens (including phenoxy) is 2. The second-order valence-electron chi connectivity index (χ2n) is 10.5. The molecule has 1 amide bonds. The van der Waals surface area contributed by atoms with Gasteiger partial charge in [0.15, 0.2) is 0 Å². The van der Waals surface area contributed by atoms with E-state index in [0.29, 0.717) is 55.5 Å². The Morgan fingerprint density at radius 3 is 2.68 bits per heavy atom. The van der Waals surface area contributed by atoms with E-state index in [1.54, 1.807) is 26.3 Å². The zero-order valence-electron chi connectivity index (χ0n) is 22.4. The molecule has 38 heavy (non-hydrogen) atoms. The summed E-state index contributed by atoms with van der Waals surface area (Å²) in [7, 11) is 1.62. The molecular weight excluding hydrogens is 484 g/mol. The lowest BCUT2D eigenvalue weighted by atomic mass is 9.96. The number of rotatable bonds is 8. The molecule has 0 bridgehead atoms. The number of aliphatic hydroxyl groups is 1. The largest absolute Gasteiger partial charge is 0.492 e. The van der Waals surface area contributed by atoms with E-state index in [4.69, 9.17) is 9.47 Å². The third-order valence-electron chi connectivity index (χ3n) is 7.40. The highest BCUT2D eigenvalue weighted by Crippen LogP contribution is 2.34. The first-order valence-electron chi connectivity index (χ1n) is 13.2. The third-order valence-corrected chi connectivity index (χ3v) is 7.40. The molecule has 2 aromatic heterocycles. The molecule has 0 unspecified atom stereocenters. The van der Waals surface area contributed by atoms with Crippen molar-refractivity contribution in [1.29, 1.82) is 0 Å². The van der Waals surface area contributed by atoms with Gasteiger partial charge in [-0.25, -0.2) is 9.97 Å². The quantitative estimate of drug-likeness (QED) is 0.462. The van der Waals surface area contributed by atoms with Crippen LogP contribution in [-0.2, 0) is 9.53 Å². The summed E-state index contributed by atoms with van der Waals surface area (Å²) in [6.07, 6.45) is 3.51. The van der Waals surface area contributed by atoms with Crippen molar-refractivity contribution in [2.24, 2.45) is 5.92 Å². The second-order valence-corrected chi connectivity index (χ2v) is 10.5. The van der Waals surface area contributed by atoms with Gasteiger partial charge in [0, 0.05) is 63.9 Å². The van der Waals surface area contributed by atoms with Gasteiger partial charge in [-0.15, -0.1) is 0 Å². The van der Waals surface area contributed by atoms with E-state index in [2.05, 4.69) is 40.2 Å². The topological polar surface area (TPSA) is 113 Å². The van der Waals surface area contributed by atoms with Crippen LogP contribution in [0.15, 0.2) is 36.7 Å². The highest BCUT2D eigenvalue weighted by molar-refractivity contribution is 5.92. The van der Waals surface area contributed by atoms with Gasteiger partial charge in [-0.2, -0.15) is 4.98 Å². The number of anilines is 3. The molecule has 2 N–H and O–H groups in total. The van der Waals surface area contributed by atoms with Gasteiger partial charge in [0.05, 0.1) is 18.8 Å². The number of likely N-dealkylation sites (tertiary alicyclic amines) is 1. The predicted molar refractivity (Wildman–Crippen MR) is 146 cm³/mol. The number of carbonyl (C=O) groups is 1. The van der Waals surface area contributed by atoms with E-state index >= 15 is 0 Å². The highest BCUT2D eigenvalue weighted by atomic mass is 16.5. The number of nitrogens with zero attached hydrogens (tertiary/aromatic N) is 5. The van der Waals surface area contributed by atoms with Crippen molar-refractivity contribution in [3.05, 3.63) is 42.2 Å². The van der Waals surface area contributed by atoms with Crippen molar-refractivity contribution < 1.29 is 19.4 Å². The van der Waals surface area contributed by atoms with Gasteiger partial charge in [0.1, 0.15) is 17.4 Å². The Bertz CT molecular complexity index is 1300. The molecule has 2 saturated heterocycles. The van der Waals surface area contributed by atoms with Gasteiger partial charge in [0.25, 0.3) is 0 Å². The summed E-state index contributed by atoms with van der Waals surface area (Å²) >= 11 is 0. The summed E-state index contributed by atoms with van der Waals surface area (Å²) in [6, 6.07) is 7.98. The maximum Gasteiger partial charge on any atom is 0.227 e. The number of fused-ring (bicyclic) bond motifs is 1. The van der Waals surface area contributed by atoms with Crippen LogP contribution < -0.4 is 15.0 Å². The van der Waals surface area contributed by atoms with Gasteiger partial charge < -0.3 is 29.7 Å². The number of aromatic nitrogens is 3. The van der Waals surface area contributed by atoms with Crippen LogP contribution in [0.2, 0.25) is 0 Å². The van der Waals surface area contributed by atoms with Gasteiger partial charge >= 0.3 is 0 Å². The summed E-state index contributed by atoms with van der Waals surface area (Å²) in [5.41, 5.74) is 1.21. The van der Waals surface area contributed by atoms with Crippen molar-refractivity contribution in [3.8, 4) is 5.75 Å². The maximum absolute atomic E-state index is 11.5. The van der Waals surface area contributed by atoms with Crippen molar-refractivity contribution >= 4 is 34.3 Å². The molecule has 10 heteroatoms. The molecule has 0 spiro atoms. The predicted octanol–water partition coefficient (Wildman–Crippen LogP) is 3.33. The number of hydrogen-bond acceptors (Lipinski definition) is 9. The minimum atomic E-state index is -0.584. The van der Waals surface area contributed by atoms with E-state index in [1.165, 1.54) is 5.56 Å². The van der Waals surface area contributed by atoms with Gasteiger partial charge in [0.2, 0.25) is 11.9 Å². The molecule has 2 atom stereocenters. The smallest absolute Gasteiger partial charge is 0.227 e. The number of methoxy groups -OCH3 is 1. The summed E-state index contributed by atoms with van der Waals surface area (Å²) < 4.78 is 11.5. The van der Waals surface area contributed by atoms with E-state index in [-0.39, 0.29) is 12.0 Å². The number of amides is 1. The lowest BCUT2D eigenvalue weighted by Gasteiger charge is -2.38. The van der Waals surface area contributed by atoms with E-state index in [0.717, 1.165) is 29.6 Å². The summed E-state index contributed by atoms with van der Waals surface area (Å²) in [5.74, 6) is 3.44. The van der Waals surface area contributed by atoms with Crippen molar-refractivity contribution in [2.45, 2.75) is 45.3 Å². The molecule has 4 heterocycles. The number of piperidine rings is 1. The van der Waals surface area contributed by atoms with Crippen LogP contribution in [0.3, 0.4) is 0 Å². The molecule has 2 fully saturated rings. The minimum Gasteiger partial charge on any atom is -0.492 e. The van der Waals surface area contributed by atoms with Crippen LogP contribution in [0, 0.1) is 5.92 Å². The Morgan fingerprint density at radius 1 is 1.16 bits per heavy atom. The van der Waals surface area contributed by atoms with E-state index in [1.807, 2.05) is 28.1 Å². The number of benzene rings is 1. The first-order valence-corrected chi connectivity index (χ1v) is 13.2. The molecule has 0 radical (unpaired) electrons. The normalized spacial score (nSPS) is 20.1. The number of β-amino-alcohol motifs (C(OH)–C–C–N with tert-alkyl or cyclic N) is 1. The lowest BCUT2D eigenvalue weighted by Crippen LogP contribution is -2.51. The number of carbonyl (C=O) groups excluding carboxylic acids is 1. The molecule has 0 aliphatic carbocycles. The number of hydrogen-bond donors (Lipinski definition) is 2. The zero-order chi connectivity index (χ0) is 26.8. The fraction of sp³-hybridized carbons (Fsp3) is 0.500. The standard InChI is InChI=1S/C28H36N6O4/c1-17(2)20-5-6-24(38-16-19-13-34(14-19)18(3)35)22-12-30-27(11-21(20)22)31-26-7-9-29-28(32-26)33-10-8-25(37-4)23(36)15-33/h5-7,9,11-12,17,19,23,25,36H,8,10,13-16H2,1-4H3,(H,29,30,31,32)/t23-,25-/m1/s1. The number of pyridine rings is 1. The molecule has 202 valence electrons. The van der Waals surface area contributed by atoms with Crippen molar-refractivity contribution in [3.63, 3.8) is 0 Å². The number of nitrogens with one attached hydrogen (secondary N) is 1. The minimum absolute atomic E-state index is 0.112.